The van der Waals surface area contributed by atoms with Gasteiger partial charge in [-0.25, -0.2) is 0 Å². The van der Waals surface area contributed by atoms with Crippen molar-refractivity contribution in [2.45, 2.75) is 19.4 Å². The van der Waals surface area contributed by atoms with E-state index < -0.39 is 0 Å². The third-order valence-electron chi connectivity index (χ3n) is 3.00. The molecule has 1 heterocycles. The van der Waals surface area contributed by atoms with Gasteiger partial charge in [0.25, 0.3) is 0 Å². The predicted molar refractivity (Wildman–Crippen MR) is 76.8 cm³/mol. The Balaban J connectivity index is 2.46. The molecule has 0 saturated heterocycles. The van der Waals surface area contributed by atoms with E-state index >= 15 is 0 Å². The average molecular weight is 264 g/mol. The van der Waals surface area contributed by atoms with Gasteiger partial charge in [-0.05, 0) is 36.7 Å². The number of nitrogens with one attached hydrogen (secondary N) is 1. The number of fused-ring (bicyclic) bond motifs is 1. The Hall–Kier alpha value is -1.16. The van der Waals surface area contributed by atoms with Crippen molar-refractivity contribution in [3.8, 4) is 0 Å². The third-order valence-corrected chi connectivity index (χ3v) is 3.33. The second-order valence-corrected chi connectivity index (χ2v) is 4.69. The number of nitrogens with two attached hydrogens (primary N) is 1. The van der Waals surface area contributed by atoms with Crippen LogP contribution >= 0.6 is 11.6 Å². The van der Waals surface area contributed by atoms with Crippen molar-refractivity contribution in [1.29, 1.82) is 0 Å². The maximum atomic E-state index is 6.19. The number of benzene rings is 1. The first kappa shape index (κ1) is 13.3. The van der Waals surface area contributed by atoms with Gasteiger partial charge in [0.2, 0.25) is 0 Å². The van der Waals surface area contributed by atoms with Crippen LogP contribution in [0.1, 0.15) is 24.9 Å². The van der Waals surface area contributed by atoms with Crippen LogP contribution in [-0.2, 0) is 0 Å². The van der Waals surface area contributed by atoms with Gasteiger partial charge in [-0.1, -0.05) is 24.6 Å². The molecule has 96 valence electrons. The molecule has 2 aromatic rings. The van der Waals surface area contributed by atoms with E-state index in [1.165, 1.54) is 0 Å². The zero-order valence-electron chi connectivity index (χ0n) is 10.5. The summed E-state index contributed by atoms with van der Waals surface area (Å²) in [6.45, 7) is 3.63. The fraction of sp³-hybridized carbons (Fsp3) is 0.357. The molecule has 0 aliphatic carbocycles. The highest BCUT2D eigenvalue weighted by Gasteiger charge is 2.14. The largest absolute Gasteiger partial charge is 0.329 e. The van der Waals surface area contributed by atoms with Crippen molar-refractivity contribution in [2.75, 3.05) is 13.1 Å². The van der Waals surface area contributed by atoms with Gasteiger partial charge in [0.1, 0.15) is 0 Å². The molecule has 0 spiro atoms. The van der Waals surface area contributed by atoms with Gasteiger partial charge in [-0.15, -0.1) is 0 Å². The summed E-state index contributed by atoms with van der Waals surface area (Å²) in [5.74, 6) is 0. The minimum Gasteiger partial charge on any atom is -0.329 e. The van der Waals surface area contributed by atoms with Crippen LogP contribution in [0.4, 0.5) is 0 Å². The Labute approximate surface area is 112 Å². The molecule has 4 heteroatoms. The second kappa shape index (κ2) is 6.14. The van der Waals surface area contributed by atoms with Crippen molar-refractivity contribution >= 4 is 22.5 Å². The average Bonchev–Trinajstić information content (AvgIpc) is 2.42. The first-order chi connectivity index (χ1) is 8.77. The zero-order chi connectivity index (χ0) is 13.0. The zero-order valence-corrected chi connectivity index (χ0v) is 11.2. The van der Waals surface area contributed by atoms with Crippen LogP contribution < -0.4 is 11.1 Å². The number of hydrogen-bond acceptors (Lipinski definition) is 3. The molecule has 1 aromatic carbocycles. The lowest BCUT2D eigenvalue weighted by Gasteiger charge is -2.18. The highest BCUT2D eigenvalue weighted by atomic mass is 35.5. The van der Waals surface area contributed by atoms with E-state index in [9.17, 15) is 0 Å². The van der Waals surface area contributed by atoms with Gasteiger partial charge in [0.05, 0.1) is 5.52 Å². The van der Waals surface area contributed by atoms with Crippen molar-refractivity contribution < 1.29 is 0 Å². The molecule has 1 aromatic heterocycles. The smallest absolute Gasteiger partial charge is 0.0765 e. The minimum atomic E-state index is 0.125. The minimum absolute atomic E-state index is 0.125. The van der Waals surface area contributed by atoms with E-state index in [4.69, 9.17) is 17.3 Å². The number of nitrogens with zero attached hydrogens (tertiary/aromatic N) is 1. The van der Waals surface area contributed by atoms with Gasteiger partial charge >= 0.3 is 0 Å². The van der Waals surface area contributed by atoms with Crippen LogP contribution in [0.2, 0.25) is 5.02 Å². The van der Waals surface area contributed by atoms with E-state index in [0.29, 0.717) is 6.54 Å². The standard InChI is InChI=1S/C14H18ClN3/c1-2-7-17-13(9-16)11-5-6-12(15)10-4-3-8-18-14(10)11/h3-6,8,13,17H,2,7,9,16H2,1H3. The maximum absolute atomic E-state index is 6.19. The fourth-order valence-electron chi connectivity index (χ4n) is 2.08. The lowest BCUT2D eigenvalue weighted by atomic mass is 10.0. The molecule has 0 aliphatic heterocycles. The maximum Gasteiger partial charge on any atom is 0.0765 e. The lowest BCUT2D eigenvalue weighted by molar-refractivity contribution is 0.542. The molecule has 1 atom stereocenters. The summed E-state index contributed by atoms with van der Waals surface area (Å²) in [5, 5.41) is 5.15. The topological polar surface area (TPSA) is 50.9 Å². The normalized spacial score (nSPS) is 12.8. The molecule has 0 fully saturated rings. The highest BCUT2D eigenvalue weighted by molar-refractivity contribution is 6.35. The number of rotatable bonds is 5. The molecule has 2 rings (SSSR count). The number of hydrogen-bond donors (Lipinski definition) is 2. The monoisotopic (exact) mass is 263 g/mol. The summed E-state index contributed by atoms with van der Waals surface area (Å²) in [7, 11) is 0. The Morgan fingerprint density at radius 3 is 2.94 bits per heavy atom. The SMILES string of the molecule is CCCNC(CN)c1ccc(Cl)c2cccnc12. The molecule has 0 bridgehead atoms. The third kappa shape index (κ3) is 2.64. The molecule has 0 radical (unpaired) electrons. The van der Waals surface area contributed by atoms with E-state index in [2.05, 4.69) is 17.2 Å². The van der Waals surface area contributed by atoms with Crippen molar-refractivity contribution in [3.63, 3.8) is 0 Å². The molecular formula is C14H18ClN3. The van der Waals surface area contributed by atoms with Crippen LogP contribution in [0.15, 0.2) is 30.5 Å². The molecule has 0 saturated carbocycles. The van der Waals surface area contributed by atoms with Gasteiger partial charge in [-0.3, -0.25) is 4.98 Å². The fourth-order valence-corrected chi connectivity index (χ4v) is 2.30. The van der Waals surface area contributed by atoms with E-state index in [0.717, 1.165) is 34.5 Å². The Morgan fingerprint density at radius 2 is 2.22 bits per heavy atom. The Bertz CT molecular complexity index is 527. The van der Waals surface area contributed by atoms with Crippen molar-refractivity contribution in [3.05, 3.63) is 41.0 Å². The summed E-state index contributed by atoms with van der Waals surface area (Å²) in [6.07, 6.45) is 2.87. The van der Waals surface area contributed by atoms with Gasteiger partial charge in [-0.2, -0.15) is 0 Å². The van der Waals surface area contributed by atoms with Crippen molar-refractivity contribution in [2.24, 2.45) is 5.73 Å². The van der Waals surface area contributed by atoms with Crippen LogP contribution in [0, 0.1) is 0 Å². The van der Waals surface area contributed by atoms with Crippen LogP contribution in [0.5, 0.6) is 0 Å². The van der Waals surface area contributed by atoms with E-state index in [1.807, 2.05) is 24.3 Å². The summed E-state index contributed by atoms with van der Waals surface area (Å²) in [6, 6.07) is 7.94. The quantitative estimate of drug-likeness (QED) is 0.872. The summed E-state index contributed by atoms with van der Waals surface area (Å²) in [5.41, 5.74) is 7.90. The molecule has 3 N–H and O–H groups in total. The summed E-state index contributed by atoms with van der Waals surface area (Å²) in [4.78, 5) is 4.44. The highest BCUT2D eigenvalue weighted by Crippen LogP contribution is 2.28. The summed E-state index contributed by atoms with van der Waals surface area (Å²) < 4.78 is 0. The van der Waals surface area contributed by atoms with Gasteiger partial charge in [0, 0.05) is 29.2 Å². The summed E-state index contributed by atoms with van der Waals surface area (Å²) >= 11 is 6.19. The first-order valence-electron chi connectivity index (χ1n) is 6.24. The van der Waals surface area contributed by atoms with Crippen LogP contribution in [0.3, 0.4) is 0 Å². The predicted octanol–water partition coefficient (Wildman–Crippen LogP) is 2.89. The van der Waals surface area contributed by atoms with Crippen LogP contribution in [-0.4, -0.2) is 18.1 Å². The van der Waals surface area contributed by atoms with E-state index in [-0.39, 0.29) is 6.04 Å². The van der Waals surface area contributed by atoms with Gasteiger partial charge in [0.15, 0.2) is 0 Å². The Morgan fingerprint density at radius 1 is 1.39 bits per heavy atom. The lowest BCUT2D eigenvalue weighted by Crippen LogP contribution is -2.29. The second-order valence-electron chi connectivity index (χ2n) is 4.28. The van der Waals surface area contributed by atoms with Gasteiger partial charge < -0.3 is 11.1 Å². The number of aromatic nitrogens is 1. The molecular weight excluding hydrogens is 246 g/mol. The van der Waals surface area contributed by atoms with Crippen molar-refractivity contribution in [1.82, 2.24) is 10.3 Å². The first-order valence-corrected chi connectivity index (χ1v) is 6.62. The number of pyridine rings is 1. The molecule has 1 unspecified atom stereocenters. The number of halogens is 1. The molecule has 0 aliphatic rings. The molecule has 0 amide bonds. The molecule has 3 nitrogen and oxygen atoms in total. The Kier molecular flexibility index (Phi) is 4.53. The van der Waals surface area contributed by atoms with Crippen LogP contribution in [0.25, 0.3) is 10.9 Å². The van der Waals surface area contributed by atoms with E-state index in [1.54, 1.807) is 6.20 Å². The molecule has 18 heavy (non-hydrogen) atoms.